The summed E-state index contributed by atoms with van der Waals surface area (Å²) >= 11 is 0. The van der Waals surface area contributed by atoms with E-state index in [0.717, 1.165) is 0 Å². The fraction of sp³-hybridized carbons (Fsp3) is 0.500. The van der Waals surface area contributed by atoms with Gasteiger partial charge in [-0.3, -0.25) is 9.59 Å². The Hall–Kier alpha value is -1.32. The van der Waals surface area contributed by atoms with E-state index in [9.17, 15) is 9.59 Å². The molecule has 0 saturated heterocycles. The van der Waals surface area contributed by atoms with E-state index in [2.05, 4.69) is 5.32 Å². The van der Waals surface area contributed by atoms with Gasteiger partial charge in [0.2, 0.25) is 0 Å². The minimum absolute atomic E-state index is 0.0700. The first-order valence-electron chi connectivity index (χ1n) is 3.86. The lowest BCUT2D eigenvalue weighted by atomic mass is 10.1. The topological polar surface area (TPSA) is 72.2 Å². The molecular weight excluding hydrogens is 156 g/mol. The lowest BCUT2D eigenvalue weighted by molar-refractivity contribution is 0.688. The van der Waals surface area contributed by atoms with E-state index in [1.807, 2.05) is 13.8 Å². The summed E-state index contributed by atoms with van der Waals surface area (Å²) in [4.78, 5) is 21.5. The monoisotopic (exact) mass is 168 g/mol. The van der Waals surface area contributed by atoms with E-state index < -0.39 is 10.9 Å². The Morgan fingerprint density at radius 2 is 1.92 bits per heavy atom. The molecule has 4 heteroatoms. The molecule has 0 unspecified atom stereocenters. The van der Waals surface area contributed by atoms with Crippen LogP contribution in [0.25, 0.3) is 0 Å². The van der Waals surface area contributed by atoms with Crippen molar-refractivity contribution in [3.63, 3.8) is 0 Å². The van der Waals surface area contributed by atoms with Crippen molar-refractivity contribution in [2.24, 2.45) is 5.92 Å². The van der Waals surface area contributed by atoms with E-state index in [1.54, 1.807) is 0 Å². The molecular formula is C8H12N2O2. The quantitative estimate of drug-likeness (QED) is 0.620. The van der Waals surface area contributed by atoms with Crippen LogP contribution in [0.5, 0.6) is 0 Å². The van der Waals surface area contributed by atoms with Crippen molar-refractivity contribution in [2.75, 3.05) is 17.6 Å². The molecule has 0 saturated carbocycles. The van der Waals surface area contributed by atoms with Gasteiger partial charge in [-0.1, -0.05) is 13.8 Å². The van der Waals surface area contributed by atoms with E-state index in [4.69, 9.17) is 5.73 Å². The van der Waals surface area contributed by atoms with Gasteiger partial charge >= 0.3 is 0 Å². The Kier molecular flexibility index (Phi) is 2.17. The minimum atomic E-state index is -0.568. The van der Waals surface area contributed by atoms with Crippen LogP contribution in [0.1, 0.15) is 13.8 Å². The molecule has 0 radical (unpaired) electrons. The Bertz CT molecular complexity index is 348. The summed E-state index contributed by atoms with van der Waals surface area (Å²) in [5.74, 6) is 0.425. The summed E-state index contributed by atoms with van der Waals surface area (Å²) < 4.78 is 0. The van der Waals surface area contributed by atoms with Gasteiger partial charge in [0.25, 0.3) is 10.9 Å². The van der Waals surface area contributed by atoms with Crippen molar-refractivity contribution in [3.8, 4) is 0 Å². The van der Waals surface area contributed by atoms with Crippen LogP contribution in [0, 0.1) is 5.92 Å². The molecule has 0 spiro atoms. The average molecular weight is 168 g/mol. The first-order valence-corrected chi connectivity index (χ1v) is 3.86. The third-order valence-corrected chi connectivity index (χ3v) is 1.63. The molecule has 1 aromatic carbocycles. The predicted octanol–water partition coefficient (Wildman–Crippen LogP) is -0.0673. The Labute approximate surface area is 70.1 Å². The molecule has 1 rings (SSSR count). The summed E-state index contributed by atoms with van der Waals surface area (Å²) in [5, 5.41) is 2.83. The number of anilines is 2. The maximum absolute atomic E-state index is 10.8. The standard InChI is InChI=1S/C8H12N2O2/c1-4(2)3-10-6-5(9)7(11)8(6)12/h4,10H,3,9H2,1-2H3. The van der Waals surface area contributed by atoms with Gasteiger partial charge in [-0.15, -0.1) is 0 Å². The van der Waals surface area contributed by atoms with Gasteiger partial charge < -0.3 is 11.1 Å². The molecule has 66 valence electrons. The summed E-state index contributed by atoms with van der Waals surface area (Å²) in [7, 11) is 0. The Morgan fingerprint density at radius 1 is 1.33 bits per heavy atom. The van der Waals surface area contributed by atoms with Crippen LogP contribution in [-0.2, 0) is 0 Å². The molecule has 1 aromatic rings. The lowest BCUT2D eigenvalue weighted by Crippen LogP contribution is -2.37. The molecule has 12 heavy (non-hydrogen) atoms. The highest BCUT2D eigenvalue weighted by molar-refractivity contribution is 5.71. The highest BCUT2D eigenvalue weighted by Gasteiger charge is 2.16. The molecule has 0 aromatic heterocycles. The SMILES string of the molecule is CC(C)CNc1c(N)c(=O)c1=O. The second-order valence-electron chi connectivity index (χ2n) is 3.22. The number of nitrogens with one attached hydrogen (secondary N) is 1. The maximum atomic E-state index is 10.8. The third kappa shape index (κ3) is 1.32. The molecule has 0 fully saturated rings. The van der Waals surface area contributed by atoms with Crippen molar-refractivity contribution in [2.45, 2.75) is 13.8 Å². The predicted molar refractivity (Wildman–Crippen MR) is 49.1 cm³/mol. The molecule has 0 bridgehead atoms. The highest BCUT2D eigenvalue weighted by atomic mass is 16.2. The third-order valence-electron chi connectivity index (χ3n) is 1.63. The normalized spacial score (nSPS) is 10.9. The molecule has 0 aliphatic rings. The summed E-state index contributed by atoms with van der Waals surface area (Å²) in [5.41, 5.74) is 4.58. The average Bonchev–Trinajstić information content (AvgIpc) is 2.03. The number of nitrogens with two attached hydrogens (primary N) is 1. The number of hydrogen-bond acceptors (Lipinski definition) is 4. The molecule has 3 N–H and O–H groups in total. The zero-order valence-corrected chi connectivity index (χ0v) is 7.18. The molecule has 0 aliphatic carbocycles. The first-order chi connectivity index (χ1) is 5.54. The van der Waals surface area contributed by atoms with Gasteiger partial charge in [0.15, 0.2) is 0 Å². The largest absolute Gasteiger partial charge is 0.394 e. The Morgan fingerprint density at radius 3 is 2.33 bits per heavy atom. The van der Waals surface area contributed by atoms with E-state index in [0.29, 0.717) is 12.5 Å². The van der Waals surface area contributed by atoms with Crippen molar-refractivity contribution >= 4 is 11.4 Å². The zero-order valence-electron chi connectivity index (χ0n) is 7.18. The van der Waals surface area contributed by atoms with Gasteiger partial charge in [-0.05, 0) is 5.92 Å². The van der Waals surface area contributed by atoms with Crippen molar-refractivity contribution in [1.82, 2.24) is 0 Å². The van der Waals surface area contributed by atoms with Gasteiger partial charge in [0, 0.05) is 6.54 Å². The van der Waals surface area contributed by atoms with E-state index >= 15 is 0 Å². The van der Waals surface area contributed by atoms with Crippen LogP contribution >= 0.6 is 0 Å². The van der Waals surface area contributed by atoms with Gasteiger partial charge in [0.05, 0.1) is 0 Å². The van der Waals surface area contributed by atoms with E-state index in [-0.39, 0.29) is 11.4 Å². The molecule has 4 nitrogen and oxygen atoms in total. The second kappa shape index (κ2) is 2.97. The summed E-state index contributed by atoms with van der Waals surface area (Å²) in [6, 6.07) is 0. The van der Waals surface area contributed by atoms with Crippen LogP contribution in [0.15, 0.2) is 9.59 Å². The van der Waals surface area contributed by atoms with Crippen LogP contribution in [0.4, 0.5) is 11.4 Å². The van der Waals surface area contributed by atoms with Crippen molar-refractivity contribution in [1.29, 1.82) is 0 Å². The highest BCUT2D eigenvalue weighted by Crippen LogP contribution is 2.09. The maximum Gasteiger partial charge on any atom is 0.253 e. The van der Waals surface area contributed by atoms with Gasteiger partial charge in [-0.25, -0.2) is 0 Å². The number of rotatable bonds is 3. The summed E-state index contributed by atoms with van der Waals surface area (Å²) in [6.45, 7) is 4.68. The summed E-state index contributed by atoms with van der Waals surface area (Å²) in [6.07, 6.45) is 0. The van der Waals surface area contributed by atoms with Crippen molar-refractivity contribution < 1.29 is 0 Å². The van der Waals surface area contributed by atoms with Crippen molar-refractivity contribution in [3.05, 3.63) is 20.4 Å². The smallest absolute Gasteiger partial charge is 0.253 e. The fourth-order valence-corrected chi connectivity index (χ4v) is 0.891. The number of nitrogen functional groups attached to an aromatic ring is 1. The van der Waals surface area contributed by atoms with Gasteiger partial charge in [-0.2, -0.15) is 0 Å². The fourth-order valence-electron chi connectivity index (χ4n) is 0.891. The van der Waals surface area contributed by atoms with Crippen LogP contribution in [0.3, 0.4) is 0 Å². The van der Waals surface area contributed by atoms with Crippen LogP contribution in [-0.4, -0.2) is 6.54 Å². The first kappa shape index (κ1) is 8.77. The number of hydrogen-bond donors (Lipinski definition) is 2. The Balaban J connectivity index is 2.67. The van der Waals surface area contributed by atoms with E-state index in [1.165, 1.54) is 0 Å². The molecule has 0 amide bonds. The minimum Gasteiger partial charge on any atom is -0.394 e. The zero-order chi connectivity index (χ0) is 9.30. The molecule has 0 aliphatic heterocycles. The lowest BCUT2D eigenvalue weighted by Gasteiger charge is -2.11. The van der Waals surface area contributed by atoms with Crippen LogP contribution in [0.2, 0.25) is 0 Å². The molecule has 0 atom stereocenters. The second-order valence-corrected chi connectivity index (χ2v) is 3.22. The van der Waals surface area contributed by atoms with Gasteiger partial charge in [0.1, 0.15) is 11.4 Å². The molecule has 0 heterocycles. The van der Waals surface area contributed by atoms with Crippen LogP contribution < -0.4 is 21.9 Å².